The summed E-state index contributed by atoms with van der Waals surface area (Å²) in [6.07, 6.45) is 3.14. The molecule has 0 unspecified atom stereocenters. The van der Waals surface area contributed by atoms with Crippen LogP contribution in [0.3, 0.4) is 0 Å². The van der Waals surface area contributed by atoms with E-state index in [9.17, 15) is 13.6 Å². The molecular weight excluding hydrogens is 697 g/mol. The van der Waals surface area contributed by atoms with Crippen LogP contribution in [-0.2, 0) is 16.7 Å². The van der Waals surface area contributed by atoms with Gasteiger partial charge in [-0.1, -0.05) is 62.9 Å². The Bertz CT molecular complexity index is 1780. The molecule has 44 heavy (non-hydrogen) atoms. The van der Waals surface area contributed by atoms with Crippen molar-refractivity contribution < 1.29 is 23.0 Å². The Morgan fingerprint density at radius 2 is 1.57 bits per heavy atom. The molecule has 0 atom stereocenters. The van der Waals surface area contributed by atoms with Gasteiger partial charge in [0, 0.05) is 38.4 Å². The first-order valence-corrected chi connectivity index (χ1v) is 15.5. The molecule has 5 nitrogen and oxygen atoms in total. The Hall–Kier alpha value is -3.43. The van der Waals surface area contributed by atoms with Crippen LogP contribution in [0.1, 0.15) is 34.1 Å². The minimum absolute atomic E-state index is 0.146. The molecule has 0 aliphatic rings. The maximum atomic E-state index is 13.4. The van der Waals surface area contributed by atoms with Crippen molar-refractivity contribution in [2.45, 2.75) is 25.8 Å². The highest BCUT2D eigenvalue weighted by molar-refractivity contribution is 9.08. The van der Waals surface area contributed by atoms with Crippen LogP contribution in [0, 0.1) is 18.6 Å². The molecule has 3 aromatic carbocycles. The van der Waals surface area contributed by atoms with Crippen molar-refractivity contribution in [3.05, 3.63) is 134 Å². The monoisotopic (exact) mass is 720 g/mol. The number of carbonyl (C=O) groups is 1. The molecule has 11 heteroatoms. The van der Waals surface area contributed by atoms with Gasteiger partial charge in [-0.15, -0.1) is 0 Å². The number of esters is 1. The standard InChI is InChI=1S/C26H21Cl2FN2O3.C7H5BrClF/c1-3-33-26(32)18-10-21(14-30-13-18)31-16(2)4-8-24(31)22-11-19(27)6-9-25(22)34-15-17-5-7-20(29)12-23(17)28;8-4-5-1-2-6(10)3-7(5)9/h4-14H,3,15H2,1-2H3;1-3H,4H2. The number of benzene rings is 3. The van der Waals surface area contributed by atoms with Gasteiger partial charge in [-0.3, -0.25) is 4.98 Å². The van der Waals surface area contributed by atoms with E-state index in [2.05, 4.69) is 20.9 Å². The summed E-state index contributed by atoms with van der Waals surface area (Å²) in [7, 11) is 0. The zero-order valence-electron chi connectivity index (χ0n) is 23.6. The number of halogens is 6. The van der Waals surface area contributed by atoms with Crippen molar-refractivity contribution in [3.63, 3.8) is 0 Å². The molecule has 0 aliphatic heterocycles. The summed E-state index contributed by atoms with van der Waals surface area (Å²) in [4.78, 5) is 16.5. The van der Waals surface area contributed by atoms with Crippen molar-refractivity contribution in [2.75, 3.05) is 6.61 Å². The van der Waals surface area contributed by atoms with Crippen LogP contribution in [0.25, 0.3) is 16.9 Å². The van der Waals surface area contributed by atoms with E-state index < -0.39 is 11.8 Å². The molecule has 5 aromatic rings. The van der Waals surface area contributed by atoms with Gasteiger partial charge in [0.25, 0.3) is 0 Å². The van der Waals surface area contributed by atoms with Crippen LogP contribution in [0.4, 0.5) is 8.78 Å². The molecule has 228 valence electrons. The molecule has 0 amide bonds. The number of hydrogen-bond acceptors (Lipinski definition) is 4. The molecule has 0 aliphatic carbocycles. The predicted octanol–water partition coefficient (Wildman–Crippen LogP) is 10.4. The van der Waals surface area contributed by atoms with E-state index in [1.165, 1.54) is 30.5 Å². The first kappa shape index (κ1) is 33.5. The molecule has 0 bridgehead atoms. The number of ether oxygens (including phenoxy) is 2. The van der Waals surface area contributed by atoms with Crippen LogP contribution in [0.2, 0.25) is 15.1 Å². The topological polar surface area (TPSA) is 53.3 Å². The maximum absolute atomic E-state index is 13.4. The summed E-state index contributed by atoms with van der Waals surface area (Å²) in [5.74, 6) is -0.576. The van der Waals surface area contributed by atoms with Crippen molar-refractivity contribution in [1.82, 2.24) is 9.55 Å². The fourth-order valence-electron chi connectivity index (χ4n) is 4.22. The van der Waals surface area contributed by atoms with E-state index in [4.69, 9.17) is 44.3 Å². The molecular formula is C33H26BrCl3F2N2O3. The highest BCUT2D eigenvalue weighted by Crippen LogP contribution is 2.36. The Kier molecular flexibility index (Phi) is 11.8. The second-order valence-electron chi connectivity index (χ2n) is 9.38. The lowest BCUT2D eigenvalue weighted by atomic mass is 10.1. The van der Waals surface area contributed by atoms with Gasteiger partial charge >= 0.3 is 5.97 Å². The van der Waals surface area contributed by atoms with Crippen molar-refractivity contribution in [2.24, 2.45) is 0 Å². The van der Waals surface area contributed by atoms with E-state index in [0.717, 1.165) is 22.5 Å². The van der Waals surface area contributed by atoms with Gasteiger partial charge < -0.3 is 14.0 Å². The zero-order valence-corrected chi connectivity index (χ0v) is 27.4. The molecule has 0 N–H and O–H groups in total. The third kappa shape index (κ3) is 8.39. The van der Waals surface area contributed by atoms with Gasteiger partial charge in [0.2, 0.25) is 0 Å². The van der Waals surface area contributed by atoms with Gasteiger partial charge in [0.15, 0.2) is 0 Å². The molecule has 0 saturated carbocycles. The van der Waals surface area contributed by atoms with Crippen LogP contribution in [0.15, 0.2) is 85.2 Å². The number of aryl methyl sites for hydroxylation is 1. The van der Waals surface area contributed by atoms with Gasteiger partial charge in [0.1, 0.15) is 24.0 Å². The Balaban J connectivity index is 0.000000375. The number of nitrogens with zero attached hydrogens (tertiary/aromatic N) is 2. The molecule has 2 aromatic heterocycles. The van der Waals surface area contributed by atoms with Crippen LogP contribution >= 0.6 is 50.7 Å². The van der Waals surface area contributed by atoms with Gasteiger partial charge in [-0.05, 0) is 80.1 Å². The minimum atomic E-state index is -0.439. The average Bonchev–Trinajstić information content (AvgIpc) is 3.39. The van der Waals surface area contributed by atoms with Crippen molar-refractivity contribution in [1.29, 1.82) is 0 Å². The van der Waals surface area contributed by atoms with Crippen molar-refractivity contribution >= 4 is 56.7 Å². The van der Waals surface area contributed by atoms with Crippen molar-refractivity contribution in [3.8, 4) is 22.7 Å². The Morgan fingerprint density at radius 1 is 0.886 bits per heavy atom. The number of rotatable bonds is 8. The van der Waals surface area contributed by atoms with E-state index in [1.54, 1.807) is 49.5 Å². The quantitative estimate of drug-likeness (QED) is 0.118. The number of aromatic nitrogens is 2. The number of alkyl halides is 1. The highest BCUT2D eigenvalue weighted by atomic mass is 79.9. The largest absolute Gasteiger partial charge is 0.488 e. The summed E-state index contributed by atoms with van der Waals surface area (Å²) in [5.41, 5.74) is 5.06. The van der Waals surface area contributed by atoms with E-state index in [-0.39, 0.29) is 24.1 Å². The molecule has 0 saturated heterocycles. The molecule has 2 heterocycles. The molecule has 5 rings (SSSR count). The zero-order chi connectivity index (χ0) is 31.8. The van der Waals surface area contributed by atoms with E-state index in [0.29, 0.717) is 37.9 Å². The van der Waals surface area contributed by atoms with E-state index >= 15 is 0 Å². The Morgan fingerprint density at radius 3 is 2.20 bits per heavy atom. The summed E-state index contributed by atoms with van der Waals surface area (Å²) in [6.45, 7) is 4.12. The lowest BCUT2D eigenvalue weighted by molar-refractivity contribution is 0.0526. The number of pyridine rings is 1. The summed E-state index contributed by atoms with van der Waals surface area (Å²) >= 11 is 21.4. The third-order valence-electron chi connectivity index (χ3n) is 6.34. The lowest BCUT2D eigenvalue weighted by Crippen LogP contribution is -2.08. The van der Waals surface area contributed by atoms with Gasteiger partial charge in [-0.25, -0.2) is 13.6 Å². The fraction of sp³-hybridized carbons (Fsp3) is 0.152. The number of carbonyl (C=O) groups excluding carboxylic acids is 1. The second-order valence-corrected chi connectivity index (χ2v) is 11.2. The Labute approximate surface area is 277 Å². The summed E-state index contributed by atoms with van der Waals surface area (Å²) < 4.78 is 38.9. The van der Waals surface area contributed by atoms with Gasteiger partial charge in [0.05, 0.1) is 34.8 Å². The second kappa shape index (κ2) is 15.5. The molecule has 0 spiro atoms. The van der Waals surface area contributed by atoms with E-state index in [1.807, 2.05) is 23.6 Å². The normalized spacial score (nSPS) is 10.6. The third-order valence-corrected chi connectivity index (χ3v) is 7.89. The number of hydrogen-bond donors (Lipinski definition) is 0. The smallest absolute Gasteiger partial charge is 0.339 e. The van der Waals surface area contributed by atoms with Crippen LogP contribution in [0.5, 0.6) is 5.75 Å². The summed E-state index contributed by atoms with van der Waals surface area (Å²) in [6, 6.07) is 19.5. The SMILES string of the molecule is CCOC(=O)c1cncc(-n2c(C)ccc2-c2cc(Cl)ccc2OCc2ccc(F)cc2Cl)c1.Fc1ccc(CBr)c(Cl)c1. The minimum Gasteiger partial charge on any atom is -0.488 e. The first-order chi connectivity index (χ1) is 21.1. The summed E-state index contributed by atoms with van der Waals surface area (Å²) in [5, 5.41) is 1.95. The lowest BCUT2D eigenvalue weighted by Gasteiger charge is -2.17. The van der Waals surface area contributed by atoms with Crippen LogP contribution < -0.4 is 4.74 Å². The fourth-order valence-corrected chi connectivity index (χ4v) is 5.50. The molecule has 0 radical (unpaired) electrons. The molecule has 0 fully saturated rings. The first-order valence-electron chi connectivity index (χ1n) is 13.3. The van der Waals surface area contributed by atoms with Crippen LogP contribution in [-0.4, -0.2) is 22.1 Å². The maximum Gasteiger partial charge on any atom is 0.339 e. The average molecular weight is 723 g/mol. The highest BCUT2D eigenvalue weighted by Gasteiger charge is 2.17. The van der Waals surface area contributed by atoms with Gasteiger partial charge in [-0.2, -0.15) is 0 Å². The predicted molar refractivity (Wildman–Crippen MR) is 174 cm³/mol.